The summed E-state index contributed by atoms with van der Waals surface area (Å²) in [5, 5.41) is 30.4. The van der Waals surface area contributed by atoms with Gasteiger partial charge in [0.25, 0.3) is 0 Å². The van der Waals surface area contributed by atoms with Crippen molar-refractivity contribution in [2.24, 2.45) is 0 Å². The number of hydrogen-bond acceptors (Lipinski definition) is 5. The first-order valence-electron chi connectivity index (χ1n) is 4.18. The molecule has 0 saturated carbocycles. The van der Waals surface area contributed by atoms with Gasteiger partial charge in [0.05, 0.1) is 18.0 Å². The summed E-state index contributed by atoms with van der Waals surface area (Å²) < 4.78 is 0. The van der Waals surface area contributed by atoms with Crippen LogP contribution < -0.4 is 10.2 Å². The molecular formula is C10H8O5-2. The molecule has 0 bridgehead atoms. The monoisotopic (exact) mass is 208 g/mol. The van der Waals surface area contributed by atoms with E-state index in [9.17, 15) is 24.9 Å². The Labute approximate surface area is 85.6 Å². The van der Waals surface area contributed by atoms with Crippen LogP contribution in [0.15, 0.2) is 18.2 Å². The number of aliphatic hydroxyl groups is 1. The maximum atomic E-state index is 10.6. The maximum absolute atomic E-state index is 10.6. The third-order valence-corrected chi connectivity index (χ3v) is 1.96. The third-order valence-electron chi connectivity index (χ3n) is 1.96. The number of benzene rings is 1. The molecule has 1 unspecified atom stereocenters. The van der Waals surface area contributed by atoms with Crippen LogP contribution in [0.2, 0.25) is 0 Å². The fourth-order valence-corrected chi connectivity index (χ4v) is 1.22. The number of rotatable bonds is 3. The summed E-state index contributed by atoms with van der Waals surface area (Å²) in [6.45, 7) is 1.33. The van der Waals surface area contributed by atoms with Crippen molar-refractivity contribution in [2.45, 2.75) is 13.0 Å². The van der Waals surface area contributed by atoms with E-state index in [0.29, 0.717) is 0 Å². The van der Waals surface area contributed by atoms with E-state index >= 15 is 0 Å². The smallest absolute Gasteiger partial charge is 0.0768 e. The Hall–Kier alpha value is -1.88. The molecule has 0 radical (unpaired) electrons. The second-order valence-electron chi connectivity index (χ2n) is 3.05. The van der Waals surface area contributed by atoms with E-state index in [1.54, 1.807) is 0 Å². The number of carboxylic acid groups (broad SMARTS) is 2. The molecule has 5 nitrogen and oxygen atoms in total. The molecule has 0 fully saturated rings. The van der Waals surface area contributed by atoms with Crippen LogP contribution in [0.4, 0.5) is 0 Å². The maximum Gasteiger partial charge on any atom is 0.0768 e. The predicted molar refractivity (Wildman–Crippen MR) is 45.7 cm³/mol. The largest absolute Gasteiger partial charge is 0.545 e. The molecule has 1 aromatic carbocycles. The third kappa shape index (κ3) is 2.32. The van der Waals surface area contributed by atoms with Gasteiger partial charge in [-0.1, -0.05) is 12.1 Å². The molecule has 0 saturated heterocycles. The van der Waals surface area contributed by atoms with Gasteiger partial charge in [0.15, 0.2) is 0 Å². The van der Waals surface area contributed by atoms with Crippen molar-refractivity contribution in [3.05, 3.63) is 34.9 Å². The van der Waals surface area contributed by atoms with E-state index < -0.39 is 18.0 Å². The molecule has 80 valence electrons. The summed E-state index contributed by atoms with van der Waals surface area (Å²) in [6, 6.07) is 3.22. The van der Waals surface area contributed by atoms with E-state index in [-0.39, 0.29) is 16.7 Å². The van der Waals surface area contributed by atoms with Crippen molar-refractivity contribution in [3.63, 3.8) is 0 Å². The van der Waals surface area contributed by atoms with E-state index in [2.05, 4.69) is 0 Å². The molecule has 1 rings (SSSR count). The second kappa shape index (κ2) is 4.10. The van der Waals surface area contributed by atoms with Gasteiger partial charge in [-0.3, -0.25) is 0 Å². The van der Waals surface area contributed by atoms with Crippen molar-refractivity contribution in [3.8, 4) is 0 Å². The summed E-state index contributed by atoms with van der Waals surface area (Å²) in [5.41, 5.74) is -0.414. The standard InChI is InChI=1S/C10H10O5/c1-5(11)8-4-6(9(12)13)2-3-7(8)10(14)15/h2-5,11H,1H3,(H,12,13)(H,14,15)/p-2. The van der Waals surface area contributed by atoms with E-state index in [1.807, 2.05) is 0 Å². The highest BCUT2D eigenvalue weighted by molar-refractivity contribution is 5.91. The van der Waals surface area contributed by atoms with Crippen LogP contribution in [0, 0.1) is 0 Å². The fraction of sp³-hybridized carbons (Fsp3) is 0.200. The molecule has 0 aliphatic rings. The van der Waals surface area contributed by atoms with Crippen molar-refractivity contribution in [2.75, 3.05) is 0 Å². The van der Waals surface area contributed by atoms with Gasteiger partial charge in [0, 0.05) is 5.56 Å². The van der Waals surface area contributed by atoms with Gasteiger partial charge < -0.3 is 24.9 Å². The van der Waals surface area contributed by atoms with E-state index in [0.717, 1.165) is 18.2 Å². The molecule has 5 heteroatoms. The van der Waals surface area contributed by atoms with Crippen LogP contribution in [-0.2, 0) is 0 Å². The Balaban J connectivity index is 3.33. The molecule has 0 aliphatic carbocycles. The molecule has 1 N–H and O–H groups in total. The zero-order valence-corrected chi connectivity index (χ0v) is 7.89. The highest BCUT2D eigenvalue weighted by atomic mass is 16.4. The quantitative estimate of drug-likeness (QED) is 0.649. The van der Waals surface area contributed by atoms with E-state index in [1.165, 1.54) is 6.92 Å². The molecule has 1 aromatic rings. The minimum Gasteiger partial charge on any atom is -0.545 e. The normalized spacial score (nSPS) is 12.1. The lowest BCUT2D eigenvalue weighted by Gasteiger charge is -2.14. The van der Waals surface area contributed by atoms with Crippen molar-refractivity contribution < 1.29 is 24.9 Å². The average Bonchev–Trinajstić information content (AvgIpc) is 2.16. The number of carbonyl (C=O) groups is 2. The van der Waals surface area contributed by atoms with Crippen LogP contribution in [-0.4, -0.2) is 17.0 Å². The number of carbonyl (C=O) groups excluding carboxylic acids is 2. The minimum absolute atomic E-state index is 0.00306. The first-order valence-corrected chi connectivity index (χ1v) is 4.18. The lowest BCUT2D eigenvalue weighted by Crippen LogP contribution is -2.26. The lowest BCUT2D eigenvalue weighted by molar-refractivity contribution is -0.256. The molecular weight excluding hydrogens is 200 g/mol. The zero-order valence-electron chi connectivity index (χ0n) is 7.89. The minimum atomic E-state index is -1.46. The van der Waals surface area contributed by atoms with Crippen LogP contribution >= 0.6 is 0 Å². The second-order valence-corrected chi connectivity index (χ2v) is 3.05. The lowest BCUT2D eigenvalue weighted by atomic mass is 10.0. The van der Waals surface area contributed by atoms with Gasteiger partial charge in [-0.2, -0.15) is 0 Å². The van der Waals surface area contributed by atoms with Gasteiger partial charge in [-0.25, -0.2) is 0 Å². The molecule has 0 aromatic heterocycles. The number of hydrogen-bond donors (Lipinski definition) is 1. The predicted octanol–water partition coefficient (Wildman–Crippen LogP) is -1.53. The van der Waals surface area contributed by atoms with Gasteiger partial charge in [-0.05, 0) is 24.1 Å². The SMILES string of the molecule is CC(O)c1cc(C(=O)[O-])ccc1C(=O)[O-]. The van der Waals surface area contributed by atoms with Crippen LogP contribution in [0.5, 0.6) is 0 Å². The average molecular weight is 208 g/mol. The number of carboxylic acids is 2. The van der Waals surface area contributed by atoms with Crippen molar-refractivity contribution in [1.82, 2.24) is 0 Å². The van der Waals surface area contributed by atoms with Gasteiger partial charge in [0.2, 0.25) is 0 Å². The summed E-state index contributed by atoms with van der Waals surface area (Å²) >= 11 is 0. The van der Waals surface area contributed by atoms with Gasteiger partial charge >= 0.3 is 0 Å². The first kappa shape index (κ1) is 11.2. The molecule has 1 atom stereocenters. The fourth-order valence-electron chi connectivity index (χ4n) is 1.22. The highest BCUT2D eigenvalue weighted by Gasteiger charge is 2.10. The summed E-state index contributed by atoms with van der Waals surface area (Å²) in [7, 11) is 0. The van der Waals surface area contributed by atoms with Crippen molar-refractivity contribution in [1.29, 1.82) is 0 Å². The topological polar surface area (TPSA) is 100 Å². The summed E-state index contributed by atoms with van der Waals surface area (Å²) in [5.74, 6) is -2.89. The van der Waals surface area contributed by atoms with E-state index in [4.69, 9.17) is 0 Å². The Kier molecular flexibility index (Phi) is 3.06. The van der Waals surface area contributed by atoms with Gasteiger partial charge in [0.1, 0.15) is 0 Å². The highest BCUT2D eigenvalue weighted by Crippen LogP contribution is 2.18. The van der Waals surface area contributed by atoms with Crippen LogP contribution in [0.3, 0.4) is 0 Å². The molecule has 0 spiro atoms. The number of aliphatic hydroxyl groups excluding tert-OH is 1. The Bertz CT molecular complexity index is 408. The Morgan fingerprint density at radius 2 is 1.87 bits per heavy atom. The summed E-state index contributed by atoms with van der Waals surface area (Å²) in [6.07, 6.45) is -1.09. The molecule has 0 amide bonds. The van der Waals surface area contributed by atoms with Gasteiger partial charge in [-0.15, -0.1) is 0 Å². The Morgan fingerprint density at radius 1 is 1.27 bits per heavy atom. The van der Waals surface area contributed by atoms with Crippen LogP contribution in [0.25, 0.3) is 0 Å². The molecule has 0 aliphatic heterocycles. The molecule has 15 heavy (non-hydrogen) atoms. The van der Waals surface area contributed by atoms with Crippen LogP contribution in [0.1, 0.15) is 39.3 Å². The first-order chi connectivity index (χ1) is 6.93. The summed E-state index contributed by atoms with van der Waals surface area (Å²) in [4.78, 5) is 21.1. The zero-order chi connectivity index (χ0) is 11.6. The van der Waals surface area contributed by atoms with Crippen molar-refractivity contribution >= 4 is 11.9 Å². The molecule has 0 heterocycles. The number of aromatic carboxylic acids is 2. The Morgan fingerprint density at radius 3 is 2.27 bits per heavy atom.